The molecule has 2 heterocycles. The Morgan fingerprint density at radius 3 is 2.45 bits per heavy atom. The summed E-state index contributed by atoms with van der Waals surface area (Å²) in [6.45, 7) is 8.76. The third kappa shape index (κ3) is 6.51. The second kappa shape index (κ2) is 11.1. The van der Waals surface area contributed by atoms with Crippen molar-refractivity contribution in [3.63, 3.8) is 0 Å². The zero-order chi connectivity index (χ0) is 21.5. The van der Waals surface area contributed by atoms with Gasteiger partial charge in [0.2, 0.25) is 0 Å². The molecule has 2 N–H and O–H groups in total. The van der Waals surface area contributed by atoms with Gasteiger partial charge < -0.3 is 14.9 Å². The lowest BCUT2D eigenvalue weighted by atomic mass is 10.00. The highest BCUT2D eigenvalue weighted by Gasteiger charge is 2.19. The predicted octanol–water partition coefficient (Wildman–Crippen LogP) is 1.59. The topological polar surface area (TPSA) is 59.4 Å². The minimum Gasteiger partial charge on any atom is -0.491 e. The van der Waals surface area contributed by atoms with E-state index in [2.05, 4.69) is 51.1 Å². The molecule has 2 aliphatic rings. The Hall–Kier alpha value is -1.96. The summed E-state index contributed by atoms with van der Waals surface area (Å²) < 4.78 is 5.93. The monoisotopic (exact) mass is 425 g/mol. The fraction of sp³-hybridized carbons (Fsp3) is 0.520. The van der Waals surface area contributed by atoms with E-state index >= 15 is 0 Å². The van der Waals surface area contributed by atoms with Crippen LogP contribution in [0.1, 0.15) is 16.7 Å². The van der Waals surface area contributed by atoms with Crippen molar-refractivity contribution in [2.75, 3.05) is 59.0 Å². The first kappa shape index (κ1) is 22.2. The fourth-order valence-electron chi connectivity index (χ4n) is 4.56. The molecule has 0 spiro atoms. The van der Waals surface area contributed by atoms with Crippen LogP contribution in [0, 0.1) is 0 Å². The van der Waals surface area contributed by atoms with Gasteiger partial charge in [0, 0.05) is 58.9 Å². The van der Waals surface area contributed by atoms with E-state index in [1.807, 2.05) is 12.1 Å². The van der Waals surface area contributed by atoms with Gasteiger partial charge in [-0.05, 0) is 35.2 Å². The Morgan fingerprint density at radius 2 is 1.65 bits per heavy atom. The normalized spacial score (nSPS) is 19.2. The number of rotatable bonds is 9. The number of benzene rings is 2. The number of nitrogens with zero attached hydrogens (tertiary/aromatic N) is 3. The highest BCUT2D eigenvalue weighted by atomic mass is 16.5. The van der Waals surface area contributed by atoms with Gasteiger partial charge >= 0.3 is 0 Å². The van der Waals surface area contributed by atoms with E-state index in [9.17, 15) is 5.11 Å². The standard InChI is InChI=1S/C25H35N3O3/c29-15-14-26-10-12-27(13-11-26)17-21-4-3-7-25(16-21)31-20-24(30)19-28-9-8-22-5-1-2-6-23(22)18-28/h1-7,16,24,29-30H,8-15,17-20H2. The maximum atomic E-state index is 10.5. The summed E-state index contributed by atoms with van der Waals surface area (Å²) >= 11 is 0. The van der Waals surface area contributed by atoms with Gasteiger partial charge in [0.25, 0.3) is 0 Å². The fourth-order valence-corrected chi connectivity index (χ4v) is 4.56. The van der Waals surface area contributed by atoms with E-state index in [-0.39, 0.29) is 6.61 Å². The van der Waals surface area contributed by atoms with Gasteiger partial charge in [-0.3, -0.25) is 14.7 Å². The average Bonchev–Trinajstić information content (AvgIpc) is 2.79. The van der Waals surface area contributed by atoms with Crippen LogP contribution in [-0.2, 0) is 19.5 Å². The molecule has 1 atom stereocenters. The molecule has 4 rings (SSSR count). The van der Waals surface area contributed by atoms with Crippen molar-refractivity contribution < 1.29 is 14.9 Å². The summed E-state index contributed by atoms with van der Waals surface area (Å²) in [7, 11) is 0. The summed E-state index contributed by atoms with van der Waals surface area (Å²) in [6, 6.07) is 16.8. The number of hydrogen-bond acceptors (Lipinski definition) is 6. The van der Waals surface area contributed by atoms with E-state index < -0.39 is 6.10 Å². The molecule has 2 aliphatic heterocycles. The highest BCUT2D eigenvalue weighted by Crippen LogP contribution is 2.19. The third-order valence-electron chi connectivity index (χ3n) is 6.31. The summed E-state index contributed by atoms with van der Waals surface area (Å²) in [6.07, 6.45) is 0.536. The molecular formula is C25H35N3O3. The number of fused-ring (bicyclic) bond motifs is 1. The van der Waals surface area contributed by atoms with Crippen molar-refractivity contribution in [1.82, 2.24) is 14.7 Å². The van der Waals surface area contributed by atoms with Crippen LogP contribution >= 0.6 is 0 Å². The quantitative estimate of drug-likeness (QED) is 0.637. The van der Waals surface area contributed by atoms with E-state index in [0.717, 1.165) is 64.5 Å². The van der Waals surface area contributed by atoms with Gasteiger partial charge in [0.05, 0.1) is 6.61 Å². The molecule has 0 amide bonds. The van der Waals surface area contributed by atoms with Crippen molar-refractivity contribution >= 4 is 0 Å². The first-order valence-electron chi connectivity index (χ1n) is 11.4. The lowest BCUT2D eigenvalue weighted by molar-refractivity contribution is 0.0637. The molecule has 0 bridgehead atoms. The largest absolute Gasteiger partial charge is 0.491 e. The molecule has 1 unspecified atom stereocenters. The summed E-state index contributed by atoms with van der Waals surface area (Å²) in [5.74, 6) is 0.819. The molecule has 2 aromatic carbocycles. The van der Waals surface area contributed by atoms with Crippen LogP contribution in [0.25, 0.3) is 0 Å². The third-order valence-corrected chi connectivity index (χ3v) is 6.31. The zero-order valence-electron chi connectivity index (χ0n) is 18.3. The molecule has 0 aliphatic carbocycles. The summed E-state index contributed by atoms with van der Waals surface area (Å²) in [5.41, 5.74) is 4.03. The Morgan fingerprint density at radius 1 is 0.871 bits per heavy atom. The summed E-state index contributed by atoms with van der Waals surface area (Å²) in [5, 5.41) is 19.6. The minimum atomic E-state index is -0.506. The van der Waals surface area contributed by atoms with E-state index in [4.69, 9.17) is 9.84 Å². The molecule has 0 aromatic heterocycles. The van der Waals surface area contributed by atoms with E-state index in [1.54, 1.807) is 0 Å². The molecular weight excluding hydrogens is 390 g/mol. The number of aliphatic hydroxyl groups is 2. The summed E-state index contributed by atoms with van der Waals surface area (Å²) in [4.78, 5) is 7.05. The Balaban J connectivity index is 1.21. The van der Waals surface area contributed by atoms with Gasteiger partial charge in [-0.1, -0.05) is 36.4 Å². The van der Waals surface area contributed by atoms with Crippen molar-refractivity contribution in [2.24, 2.45) is 0 Å². The number of ether oxygens (including phenoxy) is 1. The number of piperazine rings is 1. The molecule has 168 valence electrons. The Bertz CT molecular complexity index is 823. The second-order valence-electron chi connectivity index (χ2n) is 8.71. The molecule has 1 saturated heterocycles. The molecule has 1 fully saturated rings. The molecule has 6 heteroatoms. The first-order valence-corrected chi connectivity index (χ1v) is 11.4. The van der Waals surface area contributed by atoms with Crippen molar-refractivity contribution in [1.29, 1.82) is 0 Å². The lowest BCUT2D eigenvalue weighted by Crippen LogP contribution is -2.46. The maximum Gasteiger partial charge on any atom is 0.119 e. The maximum absolute atomic E-state index is 10.5. The van der Waals surface area contributed by atoms with E-state index in [0.29, 0.717) is 13.2 Å². The number of aliphatic hydroxyl groups excluding tert-OH is 2. The zero-order valence-corrected chi connectivity index (χ0v) is 18.3. The van der Waals surface area contributed by atoms with Crippen molar-refractivity contribution in [3.05, 3.63) is 65.2 Å². The molecule has 2 aromatic rings. The highest BCUT2D eigenvalue weighted by molar-refractivity contribution is 5.29. The van der Waals surface area contributed by atoms with Gasteiger partial charge in [-0.2, -0.15) is 0 Å². The average molecular weight is 426 g/mol. The van der Waals surface area contributed by atoms with Gasteiger partial charge in [0.1, 0.15) is 18.5 Å². The number of β-amino-alcohol motifs (C(OH)–C–C–N with tert-alkyl or cyclic N) is 2. The lowest BCUT2D eigenvalue weighted by Gasteiger charge is -2.34. The minimum absolute atomic E-state index is 0.232. The second-order valence-corrected chi connectivity index (χ2v) is 8.71. The predicted molar refractivity (Wildman–Crippen MR) is 122 cm³/mol. The SMILES string of the molecule is OCCN1CCN(Cc2cccc(OCC(O)CN3CCc4ccccc4C3)c2)CC1. The number of hydrogen-bond donors (Lipinski definition) is 2. The molecule has 31 heavy (non-hydrogen) atoms. The Kier molecular flexibility index (Phi) is 7.94. The van der Waals surface area contributed by atoms with Gasteiger partial charge in [-0.15, -0.1) is 0 Å². The molecule has 6 nitrogen and oxygen atoms in total. The van der Waals surface area contributed by atoms with Crippen LogP contribution in [0.3, 0.4) is 0 Å². The van der Waals surface area contributed by atoms with E-state index in [1.165, 1.54) is 16.7 Å². The van der Waals surface area contributed by atoms with Crippen LogP contribution in [0.2, 0.25) is 0 Å². The Labute approximate surface area is 185 Å². The van der Waals surface area contributed by atoms with Crippen molar-refractivity contribution in [3.8, 4) is 5.75 Å². The molecule has 0 saturated carbocycles. The van der Waals surface area contributed by atoms with Crippen LogP contribution in [0.15, 0.2) is 48.5 Å². The molecule has 0 radical (unpaired) electrons. The van der Waals surface area contributed by atoms with Crippen LogP contribution in [0.4, 0.5) is 0 Å². The van der Waals surface area contributed by atoms with Crippen LogP contribution in [-0.4, -0.2) is 90.0 Å². The van der Waals surface area contributed by atoms with Gasteiger partial charge in [-0.25, -0.2) is 0 Å². The smallest absolute Gasteiger partial charge is 0.119 e. The van der Waals surface area contributed by atoms with Gasteiger partial charge in [0.15, 0.2) is 0 Å². The van der Waals surface area contributed by atoms with Crippen molar-refractivity contribution in [2.45, 2.75) is 25.6 Å². The van der Waals surface area contributed by atoms with Crippen LogP contribution in [0.5, 0.6) is 5.75 Å². The van der Waals surface area contributed by atoms with Crippen LogP contribution < -0.4 is 4.74 Å². The first-order chi connectivity index (χ1) is 15.2.